The number of nitrogens with zero attached hydrogens (tertiary/aromatic N) is 1. The second-order valence-electron chi connectivity index (χ2n) is 7.95. The first kappa shape index (κ1) is 19.4. The summed E-state index contributed by atoms with van der Waals surface area (Å²) in [5.74, 6) is 0.185. The molecule has 0 spiro atoms. The standard InChI is InChI=1S/C20H28N2O3S/c1-14(21-26(24)20(2,3)4)16-5-6-18-17(13-16)7-10-22(18)19(23)15-8-11-25-12-9-15/h5-7,10,13-15,21H,8-9,11-12H2,1-4H3/t14?,26-/m1/s1. The lowest BCUT2D eigenvalue weighted by Gasteiger charge is -2.26. The van der Waals surface area contributed by atoms with Gasteiger partial charge in [0, 0.05) is 42.1 Å². The van der Waals surface area contributed by atoms with E-state index < -0.39 is 11.4 Å². The maximum atomic E-state index is 12.8. The molecule has 0 saturated carbocycles. The van der Waals surface area contributed by atoms with E-state index in [1.807, 2.05) is 52.1 Å². The van der Waals surface area contributed by atoms with Crippen LogP contribution in [0.25, 0.3) is 10.9 Å². The van der Waals surface area contributed by atoms with Crippen molar-refractivity contribution in [3.63, 3.8) is 0 Å². The number of aromatic nitrogens is 1. The van der Waals surface area contributed by atoms with Crippen LogP contribution in [-0.4, -0.2) is 33.0 Å². The summed E-state index contributed by atoms with van der Waals surface area (Å²) in [6, 6.07) is 8.01. The van der Waals surface area contributed by atoms with Crippen molar-refractivity contribution < 1.29 is 14.1 Å². The van der Waals surface area contributed by atoms with Crippen molar-refractivity contribution in [2.75, 3.05) is 13.2 Å². The van der Waals surface area contributed by atoms with Gasteiger partial charge in [-0.2, -0.15) is 0 Å². The topological polar surface area (TPSA) is 66.3 Å². The minimum absolute atomic E-state index is 0.0333. The summed E-state index contributed by atoms with van der Waals surface area (Å²) >= 11 is -1.13. The average Bonchev–Trinajstić information content (AvgIpc) is 3.04. The molecule has 1 N–H and O–H groups in total. The zero-order chi connectivity index (χ0) is 18.9. The Hall–Kier alpha value is -1.34. The van der Waals surface area contributed by atoms with Gasteiger partial charge >= 0.3 is 0 Å². The van der Waals surface area contributed by atoms with Crippen LogP contribution in [0.4, 0.5) is 0 Å². The van der Waals surface area contributed by atoms with E-state index in [1.165, 1.54) is 0 Å². The van der Waals surface area contributed by atoms with Crippen molar-refractivity contribution in [2.24, 2.45) is 5.92 Å². The summed E-state index contributed by atoms with van der Waals surface area (Å²) in [4.78, 5) is 12.8. The van der Waals surface area contributed by atoms with E-state index in [2.05, 4.69) is 10.8 Å². The number of carbonyl (C=O) groups excluding carboxylic acids is 1. The SMILES string of the molecule is CC(N[S@+]([O-])C(C)(C)C)c1ccc2c(ccn2C(=O)C2CCOCC2)c1. The van der Waals surface area contributed by atoms with E-state index in [4.69, 9.17) is 4.74 Å². The fraction of sp³-hybridized carbons (Fsp3) is 0.550. The van der Waals surface area contributed by atoms with Gasteiger partial charge in [0.15, 0.2) is 0 Å². The molecule has 3 rings (SSSR count). The van der Waals surface area contributed by atoms with E-state index in [1.54, 1.807) is 4.57 Å². The molecule has 1 aliphatic heterocycles. The molecule has 26 heavy (non-hydrogen) atoms. The van der Waals surface area contributed by atoms with Crippen LogP contribution < -0.4 is 4.72 Å². The smallest absolute Gasteiger partial charge is 0.234 e. The van der Waals surface area contributed by atoms with Crippen molar-refractivity contribution in [1.29, 1.82) is 0 Å². The molecule has 2 atom stereocenters. The Balaban J connectivity index is 1.79. The first-order chi connectivity index (χ1) is 12.3. The Morgan fingerprint density at radius 3 is 2.65 bits per heavy atom. The zero-order valence-corrected chi connectivity index (χ0v) is 16.8. The zero-order valence-electron chi connectivity index (χ0n) is 16.0. The number of hydrogen-bond donors (Lipinski definition) is 1. The van der Waals surface area contributed by atoms with Crippen LogP contribution in [0.5, 0.6) is 0 Å². The van der Waals surface area contributed by atoms with Gasteiger partial charge in [-0.05, 0) is 64.3 Å². The molecule has 1 aromatic carbocycles. The van der Waals surface area contributed by atoms with Crippen molar-refractivity contribution in [1.82, 2.24) is 9.29 Å². The summed E-state index contributed by atoms with van der Waals surface area (Å²) < 4.78 is 22.3. The maximum absolute atomic E-state index is 12.8. The molecular formula is C20H28N2O3S. The van der Waals surface area contributed by atoms with Gasteiger partial charge in [-0.3, -0.25) is 9.36 Å². The summed E-state index contributed by atoms with van der Waals surface area (Å²) in [6.45, 7) is 9.19. The average molecular weight is 377 g/mol. The van der Waals surface area contributed by atoms with Gasteiger partial charge in [-0.15, -0.1) is 4.72 Å². The van der Waals surface area contributed by atoms with Crippen LogP contribution in [0.3, 0.4) is 0 Å². The normalized spacial score (nSPS) is 18.8. The maximum Gasteiger partial charge on any atom is 0.234 e. The van der Waals surface area contributed by atoms with Crippen molar-refractivity contribution in [2.45, 2.75) is 51.3 Å². The molecule has 2 heterocycles. The van der Waals surface area contributed by atoms with Gasteiger partial charge in [-0.25, -0.2) is 0 Å². The molecule has 2 aromatic rings. The van der Waals surface area contributed by atoms with Gasteiger partial charge in [0.05, 0.1) is 11.6 Å². The third kappa shape index (κ3) is 4.14. The Bertz CT molecular complexity index is 775. The van der Waals surface area contributed by atoms with E-state index in [-0.39, 0.29) is 22.6 Å². The second-order valence-corrected chi connectivity index (χ2v) is 9.95. The van der Waals surface area contributed by atoms with E-state index in [9.17, 15) is 9.35 Å². The molecule has 0 amide bonds. The first-order valence-corrected chi connectivity index (χ1v) is 10.3. The molecule has 142 valence electrons. The molecule has 1 aliphatic rings. The lowest BCUT2D eigenvalue weighted by atomic mass is 9.99. The molecular weight excluding hydrogens is 348 g/mol. The largest absolute Gasteiger partial charge is 0.598 e. The minimum Gasteiger partial charge on any atom is -0.598 e. The first-order valence-electron chi connectivity index (χ1n) is 9.18. The van der Waals surface area contributed by atoms with Crippen molar-refractivity contribution >= 4 is 28.2 Å². The van der Waals surface area contributed by atoms with E-state index in [0.29, 0.717) is 13.2 Å². The quantitative estimate of drug-likeness (QED) is 0.824. The molecule has 0 radical (unpaired) electrons. The summed E-state index contributed by atoms with van der Waals surface area (Å²) in [5.41, 5.74) is 1.99. The van der Waals surface area contributed by atoms with Crippen molar-refractivity contribution in [3.8, 4) is 0 Å². The van der Waals surface area contributed by atoms with Gasteiger partial charge in [0.25, 0.3) is 0 Å². The summed E-state index contributed by atoms with van der Waals surface area (Å²) in [7, 11) is 0. The predicted octanol–water partition coefficient (Wildman–Crippen LogP) is 3.82. The lowest BCUT2D eigenvalue weighted by Crippen LogP contribution is -2.40. The monoisotopic (exact) mass is 376 g/mol. The summed E-state index contributed by atoms with van der Waals surface area (Å²) in [5, 5.41) is 1.03. The van der Waals surface area contributed by atoms with E-state index >= 15 is 0 Å². The lowest BCUT2D eigenvalue weighted by molar-refractivity contribution is 0.0490. The number of fused-ring (bicyclic) bond motifs is 1. The van der Waals surface area contributed by atoms with Gasteiger partial charge in [0.1, 0.15) is 4.75 Å². The van der Waals surface area contributed by atoms with Crippen LogP contribution in [-0.2, 0) is 16.1 Å². The van der Waals surface area contributed by atoms with Gasteiger partial charge < -0.3 is 9.29 Å². The molecule has 0 bridgehead atoms. The van der Waals surface area contributed by atoms with E-state index in [0.717, 1.165) is 29.3 Å². The molecule has 1 aromatic heterocycles. The predicted molar refractivity (Wildman–Crippen MR) is 106 cm³/mol. The number of carbonyl (C=O) groups is 1. The Morgan fingerprint density at radius 2 is 2.00 bits per heavy atom. The third-order valence-electron chi connectivity index (χ3n) is 4.86. The number of nitrogens with one attached hydrogen (secondary N) is 1. The summed E-state index contributed by atoms with van der Waals surface area (Å²) in [6.07, 6.45) is 3.43. The number of rotatable bonds is 4. The van der Waals surface area contributed by atoms with Crippen LogP contribution in [0.1, 0.15) is 56.9 Å². The molecule has 1 saturated heterocycles. The van der Waals surface area contributed by atoms with Gasteiger partial charge in [0.2, 0.25) is 5.91 Å². The highest BCUT2D eigenvalue weighted by Crippen LogP contribution is 2.26. The van der Waals surface area contributed by atoms with Gasteiger partial charge in [-0.1, -0.05) is 6.07 Å². The fourth-order valence-corrected chi connectivity index (χ4v) is 3.98. The number of ether oxygens (including phenoxy) is 1. The molecule has 5 nitrogen and oxygen atoms in total. The van der Waals surface area contributed by atoms with Crippen LogP contribution in [0, 0.1) is 5.92 Å². The Labute approximate surface area is 158 Å². The van der Waals surface area contributed by atoms with Crippen molar-refractivity contribution in [3.05, 3.63) is 36.0 Å². The fourth-order valence-electron chi connectivity index (χ4n) is 3.17. The molecule has 1 unspecified atom stereocenters. The highest BCUT2D eigenvalue weighted by Gasteiger charge is 2.28. The Morgan fingerprint density at radius 1 is 1.31 bits per heavy atom. The molecule has 1 fully saturated rings. The number of hydrogen-bond acceptors (Lipinski definition) is 4. The second kappa shape index (κ2) is 7.72. The highest BCUT2D eigenvalue weighted by molar-refractivity contribution is 7.90. The highest BCUT2D eigenvalue weighted by atomic mass is 32.2. The molecule has 6 heteroatoms. The van der Waals surface area contributed by atoms with Crippen LogP contribution in [0.15, 0.2) is 30.5 Å². The third-order valence-corrected chi connectivity index (χ3v) is 6.54. The minimum atomic E-state index is -1.13. The van der Waals surface area contributed by atoms with Crippen LogP contribution in [0.2, 0.25) is 0 Å². The number of benzene rings is 1. The molecule has 0 aliphatic carbocycles. The Kier molecular flexibility index (Phi) is 5.77. The van der Waals surface area contributed by atoms with Crippen LogP contribution >= 0.6 is 0 Å².